The molecule has 0 radical (unpaired) electrons. The van der Waals surface area contributed by atoms with Gasteiger partial charge in [-0.25, -0.2) is 4.39 Å². The summed E-state index contributed by atoms with van der Waals surface area (Å²) < 4.78 is 20.0. The topological polar surface area (TPSA) is 38.5 Å². The quantitative estimate of drug-likeness (QED) is 0.923. The molecule has 0 heterocycles. The number of nitrogens with zero attached hydrogens (tertiary/aromatic N) is 1. The van der Waals surface area contributed by atoms with E-state index >= 15 is 0 Å². The molecule has 0 aromatic heterocycles. The van der Waals surface area contributed by atoms with Crippen molar-refractivity contribution < 1.29 is 9.13 Å². The Morgan fingerprint density at radius 1 is 1.18 bits per heavy atom. The van der Waals surface area contributed by atoms with E-state index in [2.05, 4.69) is 4.90 Å². The number of hydrogen-bond donors (Lipinski definition) is 1. The van der Waals surface area contributed by atoms with Crippen molar-refractivity contribution in [2.75, 3.05) is 33.8 Å². The second kappa shape index (κ2) is 6.07. The lowest BCUT2D eigenvalue weighted by molar-refractivity contribution is 0.261. The first-order chi connectivity index (χ1) is 10.6. The highest BCUT2D eigenvalue weighted by Gasteiger charge is 2.30. The Kier molecular flexibility index (Phi) is 4.14. The van der Waals surface area contributed by atoms with Crippen LogP contribution in [0.3, 0.4) is 0 Å². The van der Waals surface area contributed by atoms with Gasteiger partial charge in [-0.05, 0) is 49.0 Å². The Morgan fingerprint density at radius 3 is 2.73 bits per heavy atom. The van der Waals surface area contributed by atoms with Crippen LogP contribution in [0.5, 0.6) is 5.75 Å². The molecule has 0 saturated heterocycles. The van der Waals surface area contributed by atoms with E-state index in [-0.39, 0.29) is 11.7 Å². The number of likely N-dealkylation sites (N-methyl/N-ethyl adjacent to an activating group) is 1. The molecule has 0 amide bonds. The lowest BCUT2D eigenvalue weighted by atomic mass is 9.97. The third kappa shape index (κ3) is 2.60. The highest BCUT2D eigenvalue weighted by Crippen LogP contribution is 2.46. The van der Waals surface area contributed by atoms with E-state index in [9.17, 15) is 4.39 Å². The van der Waals surface area contributed by atoms with Crippen molar-refractivity contribution in [2.24, 2.45) is 5.73 Å². The molecule has 0 aliphatic heterocycles. The van der Waals surface area contributed by atoms with Gasteiger partial charge in [0.15, 0.2) is 0 Å². The fourth-order valence-corrected chi connectivity index (χ4v) is 3.03. The molecule has 1 unspecified atom stereocenters. The van der Waals surface area contributed by atoms with Crippen LogP contribution in [0.2, 0.25) is 0 Å². The lowest BCUT2D eigenvalue weighted by Crippen LogP contribution is -2.19. The Hall–Kier alpha value is -1.91. The summed E-state index contributed by atoms with van der Waals surface area (Å²) in [6, 6.07) is 11.1. The van der Waals surface area contributed by atoms with Gasteiger partial charge < -0.3 is 15.4 Å². The van der Waals surface area contributed by atoms with Crippen molar-refractivity contribution in [2.45, 2.75) is 5.92 Å². The number of hydrogen-bond acceptors (Lipinski definition) is 3. The van der Waals surface area contributed by atoms with E-state index in [1.54, 1.807) is 6.07 Å². The number of benzene rings is 2. The molecule has 3 rings (SSSR count). The van der Waals surface area contributed by atoms with Crippen LogP contribution in [0.25, 0.3) is 11.1 Å². The van der Waals surface area contributed by atoms with E-state index < -0.39 is 0 Å². The molecule has 0 saturated carbocycles. The van der Waals surface area contributed by atoms with Crippen molar-refractivity contribution in [3.8, 4) is 16.9 Å². The van der Waals surface area contributed by atoms with Gasteiger partial charge in [0.25, 0.3) is 0 Å². The van der Waals surface area contributed by atoms with Gasteiger partial charge in [0.05, 0.1) is 0 Å². The van der Waals surface area contributed by atoms with E-state index in [4.69, 9.17) is 10.5 Å². The monoisotopic (exact) mass is 300 g/mol. The average Bonchev–Trinajstić information content (AvgIpc) is 2.81. The van der Waals surface area contributed by atoms with Gasteiger partial charge in [-0.3, -0.25) is 0 Å². The second-order valence-corrected chi connectivity index (χ2v) is 5.89. The minimum absolute atomic E-state index is 0.0399. The molecule has 1 atom stereocenters. The first kappa shape index (κ1) is 15.0. The second-order valence-electron chi connectivity index (χ2n) is 5.89. The maximum atomic E-state index is 14.2. The summed E-state index contributed by atoms with van der Waals surface area (Å²) in [6.45, 7) is 1.94. The Morgan fingerprint density at radius 2 is 2.00 bits per heavy atom. The average molecular weight is 300 g/mol. The summed E-state index contributed by atoms with van der Waals surface area (Å²) >= 11 is 0. The first-order valence-electron chi connectivity index (χ1n) is 7.52. The fraction of sp³-hybridized carbons (Fsp3) is 0.333. The maximum absolute atomic E-state index is 14.2. The van der Waals surface area contributed by atoms with E-state index in [0.717, 1.165) is 29.0 Å². The summed E-state index contributed by atoms with van der Waals surface area (Å²) in [6.07, 6.45) is 0. The lowest BCUT2D eigenvalue weighted by Gasteiger charge is -2.14. The summed E-state index contributed by atoms with van der Waals surface area (Å²) in [5.41, 5.74) is 9.59. The minimum atomic E-state index is -0.184. The van der Waals surface area contributed by atoms with Crippen LogP contribution < -0.4 is 10.5 Å². The molecule has 0 bridgehead atoms. The molecule has 116 valence electrons. The Labute approximate surface area is 130 Å². The summed E-state index contributed by atoms with van der Waals surface area (Å²) in [5, 5.41) is 0. The zero-order valence-corrected chi connectivity index (χ0v) is 13.0. The van der Waals surface area contributed by atoms with Crippen molar-refractivity contribution in [1.82, 2.24) is 4.90 Å². The third-order valence-corrected chi connectivity index (χ3v) is 4.13. The van der Waals surface area contributed by atoms with Crippen LogP contribution in [-0.2, 0) is 0 Å². The molecule has 2 aromatic carbocycles. The maximum Gasteiger partial charge on any atom is 0.131 e. The zero-order valence-electron chi connectivity index (χ0n) is 13.0. The smallest absolute Gasteiger partial charge is 0.131 e. The van der Waals surface area contributed by atoms with Crippen LogP contribution in [-0.4, -0.2) is 38.7 Å². The Bertz CT molecular complexity index is 685. The molecule has 1 aliphatic rings. The van der Waals surface area contributed by atoms with Gasteiger partial charge in [0.1, 0.15) is 18.2 Å². The van der Waals surface area contributed by atoms with E-state index in [1.165, 1.54) is 6.07 Å². The van der Waals surface area contributed by atoms with Crippen LogP contribution in [0.4, 0.5) is 4.39 Å². The van der Waals surface area contributed by atoms with Gasteiger partial charge in [0, 0.05) is 24.6 Å². The van der Waals surface area contributed by atoms with Crippen molar-refractivity contribution in [1.29, 1.82) is 0 Å². The van der Waals surface area contributed by atoms with Gasteiger partial charge in [0.2, 0.25) is 0 Å². The van der Waals surface area contributed by atoms with Crippen molar-refractivity contribution >= 4 is 0 Å². The predicted octanol–water partition coefficient (Wildman–Crippen LogP) is 2.84. The standard InChI is InChI=1S/C18H21FN2O/c1-21(2)8-9-22-12-6-7-14-15(10-12)16(11-20)13-4-3-5-17(19)18(13)14/h3-7,10,16H,8-9,11,20H2,1-2H3. The molecule has 2 N–H and O–H groups in total. The van der Waals surface area contributed by atoms with Crippen LogP contribution in [0.1, 0.15) is 17.0 Å². The summed E-state index contributed by atoms with van der Waals surface area (Å²) in [7, 11) is 4.02. The minimum Gasteiger partial charge on any atom is -0.492 e. The highest BCUT2D eigenvalue weighted by molar-refractivity contribution is 5.80. The molecule has 0 spiro atoms. The van der Waals surface area contributed by atoms with Crippen LogP contribution in [0.15, 0.2) is 36.4 Å². The molecule has 4 heteroatoms. The number of fused-ring (bicyclic) bond motifs is 3. The molecule has 22 heavy (non-hydrogen) atoms. The van der Waals surface area contributed by atoms with Crippen molar-refractivity contribution in [3.05, 3.63) is 53.3 Å². The first-order valence-corrected chi connectivity index (χ1v) is 7.52. The third-order valence-electron chi connectivity index (χ3n) is 4.13. The molecule has 2 aromatic rings. The molecule has 0 fully saturated rings. The summed E-state index contributed by atoms with van der Waals surface area (Å²) in [4.78, 5) is 2.07. The molecular formula is C18H21FN2O. The zero-order chi connectivity index (χ0) is 15.7. The van der Waals surface area contributed by atoms with Crippen molar-refractivity contribution in [3.63, 3.8) is 0 Å². The highest BCUT2D eigenvalue weighted by atomic mass is 19.1. The summed E-state index contributed by atoms with van der Waals surface area (Å²) in [5.74, 6) is 0.668. The normalized spacial score (nSPS) is 15.8. The van der Waals surface area contributed by atoms with Gasteiger partial charge in [-0.1, -0.05) is 18.2 Å². The molecule has 3 nitrogen and oxygen atoms in total. The molecular weight excluding hydrogens is 279 g/mol. The number of nitrogens with two attached hydrogens (primary N) is 1. The number of halogens is 1. The van der Waals surface area contributed by atoms with E-state index in [0.29, 0.717) is 18.7 Å². The number of ether oxygens (including phenoxy) is 1. The SMILES string of the molecule is CN(C)CCOc1ccc2c(c1)C(CN)c1cccc(F)c1-2. The van der Waals surface area contributed by atoms with Gasteiger partial charge in [-0.2, -0.15) is 0 Å². The van der Waals surface area contributed by atoms with Crippen LogP contribution in [0, 0.1) is 5.82 Å². The van der Waals surface area contributed by atoms with E-state index in [1.807, 2.05) is 38.4 Å². The predicted molar refractivity (Wildman–Crippen MR) is 86.8 cm³/mol. The molecule has 1 aliphatic carbocycles. The van der Waals surface area contributed by atoms with Crippen LogP contribution >= 0.6 is 0 Å². The number of rotatable bonds is 5. The Balaban J connectivity index is 1.93. The van der Waals surface area contributed by atoms with Gasteiger partial charge in [-0.15, -0.1) is 0 Å². The fourth-order valence-electron chi connectivity index (χ4n) is 3.03. The van der Waals surface area contributed by atoms with Gasteiger partial charge >= 0.3 is 0 Å². The largest absolute Gasteiger partial charge is 0.492 e.